The summed E-state index contributed by atoms with van der Waals surface area (Å²) in [6.07, 6.45) is 7.39. The maximum Gasteiger partial charge on any atom is 0.349 e. The number of carbonyl (C=O) groups excluding carboxylic acids is 2. The summed E-state index contributed by atoms with van der Waals surface area (Å²) >= 11 is 0. The fraction of sp³-hybridized carbons (Fsp3) is 0.643. The van der Waals surface area contributed by atoms with Gasteiger partial charge in [0.2, 0.25) is 6.33 Å². The fourth-order valence-electron chi connectivity index (χ4n) is 1.67. The average molecular weight is 283 g/mol. The summed E-state index contributed by atoms with van der Waals surface area (Å²) in [5, 5.41) is 0. The number of hydrogen-bond acceptors (Lipinski definition) is 4. The molecular weight excluding hydrogens is 260 g/mol. The Morgan fingerprint density at radius 3 is 2.70 bits per heavy atom. The van der Waals surface area contributed by atoms with Crippen molar-refractivity contribution in [3.63, 3.8) is 0 Å². The van der Waals surface area contributed by atoms with Crippen LogP contribution in [0.15, 0.2) is 18.7 Å². The summed E-state index contributed by atoms with van der Waals surface area (Å²) in [6, 6.07) is 0. The molecule has 0 bridgehead atoms. The van der Waals surface area contributed by atoms with Crippen LogP contribution in [0.2, 0.25) is 0 Å². The summed E-state index contributed by atoms with van der Waals surface area (Å²) < 4.78 is 13.6. The van der Waals surface area contributed by atoms with E-state index < -0.39 is 18.0 Å². The van der Waals surface area contributed by atoms with Gasteiger partial charge in [-0.3, -0.25) is 0 Å². The second-order valence-electron chi connectivity index (χ2n) is 4.76. The van der Waals surface area contributed by atoms with Gasteiger partial charge in [-0.1, -0.05) is 19.8 Å². The monoisotopic (exact) mass is 283 g/mol. The number of hydrogen-bond donors (Lipinski definition) is 0. The zero-order valence-corrected chi connectivity index (χ0v) is 12.4. The van der Waals surface area contributed by atoms with E-state index in [1.54, 1.807) is 17.1 Å². The molecule has 0 N–H and O–H groups in total. The standard InChI is InChI=1S/C14H23N2O4/c1-4-5-6-9-19-14(18)12(2)20-13(17)10-16-8-7-15(3)11-16/h7-8,11-12H,4-6,9-10H2,1-3H3/q+1/t12-/m1/s1. The van der Waals surface area contributed by atoms with Gasteiger partial charge in [0.25, 0.3) is 0 Å². The maximum absolute atomic E-state index is 11.7. The van der Waals surface area contributed by atoms with Gasteiger partial charge in [0, 0.05) is 0 Å². The van der Waals surface area contributed by atoms with Crippen molar-refractivity contribution in [1.82, 2.24) is 4.57 Å². The zero-order chi connectivity index (χ0) is 15.0. The minimum absolute atomic E-state index is 0.0777. The number of imidazole rings is 1. The van der Waals surface area contributed by atoms with Crippen molar-refractivity contribution in [2.75, 3.05) is 6.61 Å². The van der Waals surface area contributed by atoms with Crippen LogP contribution in [-0.4, -0.2) is 29.2 Å². The van der Waals surface area contributed by atoms with Crippen molar-refractivity contribution < 1.29 is 23.6 Å². The van der Waals surface area contributed by atoms with E-state index in [1.807, 2.05) is 17.8 Å². The number of aryl methyl sites for hydroxylation is 1. The lowest BCUT2D eigenvalue weighted by Crippen LogP contribution is -2.39. The normalized spacial score (nSPS) is 11.9. The summed E-state index contributed by atoms with van der Waals surface area (Å²) in [5.41, 5.74) is 0. The number of unbranched alkanes of at least 4 members (excludes halogenated alkanes) is 2. The third-order valence-corrected chi connectivity index (χ3v) is 2.77. The van der Waals surface area contributed by atoms with Crippen LogP contribution in [0.1, 0.15) is 33.1 Å². The molecule has 0 fully saturated rings. The molecule has 6 heteroatoms. The molecule has 112 valence electrons. The zero-order valence-electron chi connectivity index (χ0n) is 12.4. The van der Waals surface area contributed by atoms with Crippen LogP contribution in [0.3, 0.4) is 0 Å². The third kappa shape index (κ3) is 5.86. The number of ether oxygens (including phenoxy) is 2. The van der Waals surface area contributed by atoms with E-state index in [4.69, 9.17) is 9.47 Å². The molecule has 0 aliphatic carbocycles. The molecule has 0 radical (unpaired) electrons. The highest BCUT2D eigenvalue weighted by Crippen LogP contribution is 1.99. The van der Waals surface area contributed by atoms with Gasteiger partial charge >= 0.3 is 11.9 Å². The fourth-order valence-corrected chi connectivity index (χ4v) is 1.67. The lowest BCUT2D eigenvalue weighted by atomic mass is 10.3. The minimum atomic E-state index is -0.867. The molecule has 1 atom stereocenters. The number of carbonyl (C=O) groups is 2. The second kappa shape index (κ2) is 8.35. The Kier molecular flexibility index (Phi) is 6.76. The molecule has 1 aromatic rings. The number of aromatic nitrogens is 2. The summed E-state index contributed by atoms with van der Waals surface area (Å²) in [6.45, 7) is 4.06. The summed E-state index contributed by atoms with van der Waals surface area (Å²) in [4.78, 5) is 23.2. The first-order chi connectivity index (χ1) is 9.52. The number of esters is 2. The van der Waals surface area contributed by atoms with Crippen molar-refractivity contribution in [3.8, 4) is 0 Å². The highest BCUT2D eigenvalue weighted by Gasteiger charge is 2.20. The van der Waals surface area contributed by atoms with Crippen LogP contribution < -0.4 is 4.57 Å². The Bertz CT molecular complexity index is 442. The van der Waals surface area contributed by atoms with Crippen molar-refractivity contribution in [2.45, 2.75) is 45.8 Å². The largest absolute Gasteiger partial charge is 0.463 e. The van der Waals surface area contributed by atoms with E-state index in [2.05, 4.69) is 6.92 Å². The van der Waals surface area contributed by atoms with Crippen molar-refractivity contribution in [3.05, 3.63) is 18.7 Å². The quantitative estimate of drug-likeness (QED) is 0.405. The first-order valence-corrected chi connectivity index (χ1v) is 6.90. The van der Waals surface area contributed by atoms with Crippen LogP contribution in [0, 0.1) is 0 Å². The van der Waals surface area contributed by atoms with E-state index in [9.17, 15) is 9.59 Å². The Morgan fingerprint density at radius 2 is 2.10 bits per heavy atom. The molecule has 0 spiro atoms. The van der Waals surface area contributed by atoms with E-state index >= 15 is 0 Å². The molecule has 6 nitrogen and oxygen atoms in total. The van der Waals surface area contributed by atoms with Gasteiger partial charge in [0.15, 0.2) is 12.6 Å². The number of rotatable bonds is 8. The number of nitrogens with zero attached hydrogens (tertiary/aromatic N) is 2. The second-order valence-corrected chi connectivity index (χ2v) is 4.76. The molecule has 0 amide bonds. The predicted octanol–water partition coefficient (Wildman–Crippen LogP) is 0.978. The Hall–Kier alpha value is -1.85. The van der Waals surface area contributed by atoms with Gasteiger partial charge in [-0.25, -0.2) is 18.7 Å². The van der Waals surface area contributed by atoms with Gasteiger partial charge in [-0.15, -0.1) is 0 Å². The molecule has 0 saturated heterocycles. The molecule has 0 saturated carbocycles. The highest BCUT2D eigenvalue weighted by atomic mass is 16.6. The molecule has 1 aromatic heterocycles. The smallest absolute Gasteiger partial charge is 0.349 e. The van der Waals surface area contributed by atoms with E-state index in [-0.39, 0.29) is 6.54 Å². The van der Waals surface area contributed by atoms with Crippen LogP contribution >= 0.6 is 0 Å². The highest BCUT2D eigenvalue weighted by molar-refractivity contribution is 5.78. The molecule has 0 aliphatic rings. The predicted molar refractivity (Wildman–Crippen MR) is 71.6 cm³/mol. The molecule has 20 heavy (non-hydrogen) atoms. The van der Waals surface area contributed by atoms with Gasteiger partial charge in [-0.2, -0.15) is 0 Å². The molecule has 0 unspecified atom stereocenters. The van der Waals surface area contributed by atoms with E-state index in [1.165, 1.54) is 6.92 Å². The lowest BCUT2D eigenvalue weighted by Gasteiger charge is -2.11. The van der Waals surface area contributed by atoms with Crippen LogP contribution in [0.4, 0.5) is 0 Å². The molecule has 0 aromatic carbocycles. The maximum atomic E-state index is 11.7. The van der Waals surface area contributed by atoms with Crippen LogP contribution in [0.25, 0.3) is 0 Å². The van der Waals surface area contributed by atoms with Crippen LogP contribution in [0.5, 0.6) is 0 Å². The van der Waals surface area contributed by atoms with E-state index in [0.717, 1.165) is 19.3 Å². The first-order valence-electron chi connectivity index (χ1n) is 6.90. The first kappa shape index (κ1) is 16.2. The molecular formula is C14H23N2O4+. The molecule has 1 heterocycles. The third-order valence-electron chi connectivity index (χ3n) is 2.77. The Morgan fingerprint density at radius 1 is 1.35 bits per heavy atom. The topological polar surface area (TPSA) is 61.4 Å². The van der Waals surface area contributed by atoms with E-state index in [0.29, 0.717) is 6.61 Å². The average Bonchev–Trinajstić information content (AvgIpc) is 2.79. The van der Waals surface area contributed by atoms with Crippen molar-refractivity contribution >= 4 is 11.9 Å². The SMILES string of the molecule is CCCCCOC(=O)[C@@H](C)OC(=O)C[n+]1ccn(C)c1. The minimum Gasteiger partial charge on any atom is -0.463 e. The molecule has 1 rings (SSSR count). The van der Waals surface area contributed by atoms with Crippen molar-refractivity contribution in [2.24, 2.45) is 7.05 Å². The Balaban J connectivity index is 2.28. The van der Waals surface area contributed by atoms with Gasteiger partial charge in [0.1, 0.15) is 12.4 Å². The Labute approximate surface area is 119 Å². The lowest BCUT2D eigenvalue weighted by molar-refractivity contribution is -0.685. The summed E-state index contributed by atoms with van der Waals surface area (Å²) in [5.74, 6) is -0.952. The van der Waals surface area contributed by atoms with Crippen molar-refractivity contribution in [1.29, 1.82) is 0 Å². The van der Waals surface area contributed by atoms with Gasteiger partial charge < -0.3 is 9.47 Å². The molecule has 0 aliphatic heterocycles. The van der Waals surface area contributed by atoms with Gasteiger partial charge in [-0.05, 0) is 13.3 Å². The van der Waals surface area contributed by atoms with Gasteiger partial charge in [0.05, 0.1) is 13.7 Å². The summed E-state index contributed by atoms with van der Waals surface area (Å²) in [7, 11) is 1.86. The van der Waals surface area contributed by atoms with Crippen LogP contribution in [-0.2, 0) is 32.7 Å².